The molecule has 0 radical (unpaired) electrons. The standard InChI is InChI=1S/C8H17NO2/c9-7-1-3-8(4-2-7)11-6-5-10/h7-8,10H,1-6,9H2. The van der Waals surface area contributed by atoms with Gasteiger partial charge in [-0.2, -0.15) is 0 Å². The van der Waals surface area contributed by atoms with Crippen LogP contribution in [0.25, 0.3) is 0 Å². The van der Waals surface area contributed by atoms with E-state index in [0.717, 1.165) is 25.7 Å². The molecule has 0 bridgehead atoms. The van der Waals surface area contributed by atoms with Crippen LogP contribution in [-0.2, 0) is 4.74 Å². The minimum Gasteiger partial charge on any atom is -0.394 e. The van der Waals surface area contributed by atoms with Crippen molar-refractivity contribution in [3.05, 3.63) is 0 Å². The van der Waals surface area contributed by atoms with Gasteiger partial charge in [0.25, 0.3) is 0 Å². The Morgan fingerprint density at radius 2 is 1.91 bits per heavy atom. The molecular formula is C8H17NO2. The molecule has 0 atom stereocenters. The Kier molecular flexibility index (Phi) is 3.83. The number of rotatable bonds is 3. The second kappa shape index (κ2) is 4.70. The van der Waals surface area contributed by atoms with Crippen LogP contribution in [0.15, 0.2) is 0 Å². The summed E-state index contributed by atoms with van der Waals surface area (Å²) in [4.78, 5) is 0. The van der Waals surface area contributed by atoms with Gasteiger partial charge in [0.15, 0.2) is 0 Å². The molecule has 0 unspecified atom stereocenters. The fourth-order valence-corrected chi connectivity index (χ4v) is 1.47. The Morgan fingerprint density at radius 3 is 2.45 bits per heavy atom. The second-order valence-electron chi connectivity index (χ2n) is 3.13. The molecule has 1 fully saturated rings. The van der Waals surface area contributed by atoms with Gasteiger partial charge >= 0.3 is 0 Å². The lowest BCUT2D eigenvalue weighted by molar-refractivity contribution is 0.00623. The van der Waals surface area contributed by atoms with Crippen LogP contribution in [-0.4, -0.2) is 30.5 Å². The van der Waals surface area contributed by atoms with Crippen molar-refractivity contribution in [2.45, 2.75) is 37.8 Å². The maximum atomic E-state index is 8.50. The minimum atomic E-state index is 0.128. The van der Waals surface area contributed by atoms with Crippen molar-refractivity contribution in [3.8, 4) is 0 Å². The highest BCUT2D eigenvalue weighted by Crippen LogP contribution is 2.19. The van der Waals surface area contributed by atoms with Gasteiger partial charge in [-0.15, -0.1) is 0 Å². The second-order valence-corrected chi connectivity index (χ2v) is 3.13. The molecule has 0 aromatic heterocycles. The lowest BCUT2D eigenvalue weighted by Crippen LogP contribution is -2.30. The third kappa shape index (κ3) is 3.18. The van der Waals surface area contributed by atoms with Crippen LogP contribution in [0.5, 0.6) is 0 Å². The molecule has 0 aromatic rings. The fraction of sp³-hybridized carbons (Fsp3) is 1.00. The fourth-order valence-electron chi connectivity index (χ4n) is 1.47. The van der Waals surface area contributed by atoms with E-state index in [0.29, 0.717) is 18.8 Å². The zero-order valence-corrected chi connectivity index (χ0v) is 6.83. The minimum absolute atomic E-state index is 0.128. The van der Waals surface area contributed by atoms with E-state index >= 15 is 0 Å². The molecule has 0 aromatic carbocycles. The van der Waals surface area contributed by atoms with Crippen molar-refractivity contribution < 1.29 is 9.84 Å². The number of hydrogen-bond acceptors (Lipinski definition) is 3. The number of aliphatic hydroxyl groups excluding tert-OH is 1. The third-order valence-corrected chi connectivity index (χ3v) is 2.16. The van der Waals surface area contributed by atoms with Gasteiger partial charge in [0.1, 0.15) is 0 Å². The Morgan fingerprint density at radius 1 is 1.27 bits per heavy atom. The molecule has 1 rings (SSSR count). The molecule has 11 heavy (non-hydrogen) atoms. The highest BCUT2D eigenvalue weighted by molar-refractivity contribution is 4.74. The summed E-state index contributed by atoms with van der Waals surface area (Å²) in [6.45, 7) is 0.600. The lowest BCUT2D eigenvalue weighted by atomic mass is 9.94. The van der Waals surface area contributed by atoms with Gasteiger partial charge < -0.3 is 15.6 Å². The molecule has 0 saturated heterocycles. The largest absolute Gasteiger partial charge is 0.394 e. The Hall–Kier alpha value is -0.120. The van der Waals surface area contributed by atoms with Crippen LogP contribution < -0.4 is 5.73 Å². The first-order valence-electron chi connectivity index (χ1n) is 4.31. The van der Waals surface area contributed by atoms with Gasteiger partial charge in [-0.3, -0.25) is 0 Å². The van der Waals surface area contributed by atoms with Crippen LogP contribution >= 0.6 is 0 Å². The van der Waals surface area contributed by atoms with E-state index < -0.39 is 0 Å². The first kappa shape index (κ1) is 8.97. The number of nitrogens with two attached hydrogens (primary N) is 1. The van der Waals surface area contributed by atoms with E-state index in [1.165, 1.54) is 0 Å². The van der Waals surface area contributed by atoms with Crippen molar-refractivity contribution in [1.29, 1.82) is 0 Å². The number of hydrogen-bond donors (Lipinski definition) is 2. The van der Waals surface area contributed by atoms with E-state index in [1.807, 2.05) is 0 Å². The SMILES string of the molecule is NC1CCC(OCCO)CC1. The molecule has 0 heterocycles. The predicted molar refractivity (Wildman–Crippen MR) is 43.3 cm³/mol. The summed E-state index contributed by atoms with van der Waals surface area (Å²) in [6.07, 6.45) is 4.59. The van der Waals surface area contributed by atoms with Crippen molar-refractivity contribution in [2.24, 2.45) is 5.73 Å². The van der Waals surface area contributed by atoms with Gasteiger partial charge in [-0.25, -0.2) is 0 Å². The Bertz CT molecular complexity index is 97.5. The van der Waals surface area contributed by atoms with E-state index in [9.17, 15) is 0 Å². The van der Waals surface area contributed by atoms with Crippen LogP contribution in [0, 0.1) is 0 Å². The van der Waals surface area contributed by atoms with E-state index in [4.69, 9.17) is 15.6 Å². The topological polar surface area (TPSA) is 55.5 Å². The van der Waals surface area contributed by atoms with Gasteiger partial charge in [0.2, 0.25) is 0 Å². The highest BCUT2D eigenvalue weighted by Gasteiger charge is 2.18. The summed E-state index contributed by atoms with van der Waals surface area (Å²) in [5, 5.41) is 8.50. The normalized spacial score (nSPS) is 32.2. The summed E-state index contributed by atoms with van der Waals surface area (Å²) in [5.74, 6) is 0. The van der Waals surface area contributed by atoms with Crippen LogP contribution in [0.2, 0.25) is 0 Å². The quantitative estimate of drug-likeness (QED) is 0.621. The first-order chi connectivity index (χ1) is 5.33. The molecular weight excluding hydrogens is 142 g/mol. The third-order valence-electron chi connectivity index (χ3n) is 2.16. The number of aliphatic hydroxyl groups is 1. The summed E-state index contributed by atoms with van der Waals surface area (Å²) in [5.41, 5.74) is 5.72. The predicted octanol–water partition coefficient (Wildman–Crippen LogP) is 0.265. The average Bonchev–Trinajstić information content (AvgIpc) is 2.04. The Balaban J connectivity index is 2.07. The maximum absolute atomic E-state index is 8.50. The molecule has 3 nitrogen and oxygen atoms in total. The molecule has 66 valence electrons. The van der Waals surface area contributed by atoms with Crippen molar-refractivity contribution in [3.63, 3.8) is 0 Å². The van der Waals surface area contributed by atoms with Crippen LogP contribution in [0.4, 0.5) is 0 Å². The van der Waals surface area contributed by atoms with E-state index in [-0.39, 0.29) is 6.61 Å². The Labute approximate surface area is 67.5 Å². The molecule has 1 aliphatic rings. The zero-order chi connectivity index (χ0) is 8.10. The van der Waals surface area contributed by atoms with Crippen molar-refractivity contribution >= 4 is 0 Å². The van der Waals surface area contributed by atoms with Gasteiger partial charge in [0, 0.05) is 6.04 Å². The van der Waals surface area contributed by atoms with Crippen LogP contribution in [0.1, 0.15) is 25.7 Å². The number of ether oxygens (including phenoxy) is 1. The highest BCUT2D eigenvalue weighted by atomic mass is 16.5. The molecule has 0 amide bonds. The van der Waals surface area contributed by atoms with Crippen molar-refractivity contribution in [1.82, 2.24) is 0 Å². The smallest absolute Gasteiger partial charge is 0.0701 e. The van der Waals surface area contributed by atoms with Crippen LogP contribution in [0.3, 0.4) is 0 Å². The maximum Gasteiger partial charge on any atom is 0.0701 e. The first-order valence-corrected chi connectivity index (χ1v) is 4.31. The molecule has 1 saturated carbocycles. The van der Waals surface area contributed by atoms with Gasteiger partial charge in [-0.05, 0) is 25.7 Å². The van der Waals surface area contributed by atoms with E-state index in [2.05, 4.69) is 0 Å². The van der Waals surface area contributed by atoms with Gasteiger partial charge in [-0.1, -0.05) is 0 Å². The molecule has 1 aliphatic carbocycles. The van der Waals surface area contributed by atoms with Gasteiger partial charge in [0.05, 0.1) is 19.3 Å². The summed E-state index contributed by atoms with van der Waals surface area (Å²) < 4.78 is 5.37. The average molecular weight is 159 g/mol. The summed E-state index contributed by atoms with van der Waals surface area (Å²) in [6, 6.07) is 0.379. The molecule has 3 heteroatoms. The summed E-state index contributed by atoms with van der Waals surface area (Å²) >= 11 is 0. The molecule has 0 aliphatic heterocycles. The molecule has 0 spiro atoms. The monoisotopic (exact) mass is 159 g/mol. The summed E-state index contributed by atoms with van der Waals surface area (Å²) in [7, 11) is 0. The lowest BCUT2D eigenvalue weighted by Gasteiger charge is -2.25. The van der Waals surface area contributed by atoms with Crippen molar-refractivity contribution in [2.75, 3.05) is 13.2 Å². The van der Waals surface area contributed by atoms with E-state index in [1.54, 1.807) is 0 Å². The zero-order valence-electron chi connectivity index (χ0n) is 6.83. The molecule has 3 N–H and O–H groups in total.